The number of aryl methyl sites for hydroxylation is 2. The number of likely N-dealkylation sites (N-methyl/N-ethyl adjacent to an activating group) is 1. The van der Waals surface area contributed by atoms with Gasteiger partial charge >= 0.3 is 0 Å². The van der Waals surface area contributed by atoms with E-state index in [1.54, 1.807) is 6.20 Å². The van der Waals surface area contributed by atoms with Gasteiger partial charge in [-0.15, -0.1) is 0 Å². The van der Waals surface area contributed by atoms with E-state index in [9.17, 15) is 0 Å². The van der Waals surface area contributed by atoms with Gasteiger partial charge in [-0.3, -0.25) is 4.68 Å². The zero-order valence-corrected chi connectivity index (χ0v) is 11.8. The lowest BCUT2D eigenvalue weighted by Crippen LogP contribution is -2.24. The molecule has 2 N–H and O–H groups in total. The summed E-state index contributed by atoms with van der Waals surface area (Å²) < 4.78 is 2.07. The smallest absolute Gasteiger partial charge is 0.0997 e. The van der Waals surface area contributed by atoms with Crippen molar-refractivity contribution in [2.75, 3.05) is 6.54 Å². The van der Waals surface area contributed by atoms with Crippen molar-refractivity contribution >= 4 is 0 Å². The molecule has 1 unspecified atom stereocenters. The number of nitrogens with zero attached hydrogens (tertiary/aromatic N) is 4. The van der Waals surface area contributed by atoms with Crippen LogP contribution in [0.15, 0.2) is 12.3 Å². The molecule has 6 nitrogen and oxygen atoms in total. The maximum absolute atomic E-state index is 4.59. The predicted octanol–water partition coefficient (Wildman–Crippen LogP) is 1.48. The summed E-state index contributed by atoms with van der Waals surface area (Å²) >= 11 is 0. The van der Waals surface area contributed by atoms with Gasteiger partial charge in [0, 0.05) is 18.7 Å². The molecule has 2 aromatic rings. The van der Waals surface area contributed by atoms with E-state index in [-0.39, 0.29) is 6.04 Å². The van der Waals surface area contributed by atoms with Crippen molar-refractivity contribution in [1.82, 2.24) is 30.5 Å². The number of nitrogens with one attached hydrogen (secondary N) is 2. The van der Waals surface area contributed by atoms with Crippen LogP contribution in [-0.4, -0.2) is 31.7 Å². The van der Waals surface area contributed by atoms with E-state index in [0.29, 0.717) is 0 Å². The third-order valence-corrected chi connectivity index (χ3v) is 3.23. The first-order valence-electron chi connectivity index (χ1n) is 6.93. The van der Waals surface area contributed by atoms with Crippen molar-refractivity contribution < 1.29 is 0 Å². The van der Waals surface area contributed by atoms with Crippen LogP contribution in [0.4, 0.5) is 0 Å². The highest BCUT2D eigenvalue weighted by molar-refractivity contribution is 5.14. The Morgan fingerprint density at radius 2 is 2.21 bits per heavy atom. The molecule has 0 aromatic carbocycles. The van der Waals surface area contributed by atoms with Crippen LogP contribution in [0.2, 0.25) is 0 Å². The van der Waals surface area contributed by atoms with Gasteiger partial charge in [-0.2, -0.15) is 20.5 Å². The van der Waals surface area contributed by atoms with Crippen LogP contribution in [0, 0.1) is 0 Å². The van der Waals surface area contributed by atoms with E-state index in [1.165, 1.54) is 5.69 Å². The SMILES string of the molecule is CCNC(Cc1cc(CC)nn1CC)c1cn[nH]n1. The Labute approximate surface area is 113 Å². The predicted molar refractivity (Wildman–Crippen MR) is 73.8 cm³/mol. The second-order valence-electron chi connectivity index (χ2n) is 4.51. The summed E-state index contributed by atoms with van der Waals surface area (Å²) in [7, 11) is 0. The fourth-order valence-electron chi connectivity index (χ4n) is 2.24. The van der Waals surface area contributed by atoms with E-state index in [2.05, 4.69) is 57.3 Å². The molecule has 0 aliphatic carbocycles. The number of hydrogen-bond donors (Lipinski definition) is 2. The highest BCUT2D eigenvalue weighted by Crippen LogP contribution is 2.17. The van der Waals surface area contributed by atoms with E-state index in [1.807, 2.05) is 0 Å². The largest absolute Gasteiger partial charge is 0.308 e. The monoisotopic (exact) mass is 262 g/mol. The molecule has 0 amide bonds. The van der Waals surface area contributed by atoms with E-state index >= 15 is 0 Å². The lowest BCUT2D eigenvalue weighted by atomic mass is 10.1. The van der Waals surface area contributed by atoms with Crippen molar-refractivity contribution in [2.45, 2.75) is 46.2 Å². The van der Waals surface area contributed by atoms with Crippen molar-refractivity contribution in [3.8, 4) is 0 Å². The van der Waals surface area contributed by atoms with Crippen molar-refractivity contribution in [1.29, 1.82) is 0 Å². The first-order chi connectivity index (χ1) is 9.28. The van der Waals surface area contributed by atoms with Crippen LogP contribution in [0.1, 0.15) is 43.9 Å². The van der Waals surface area contributed by atoms with E-state index in [0.717, 1.165) is 37.3 Å². The van der Waals surface area contributed by atoms with Gasteiger partial charge in [0.2, 0.25) is 0 Å². The molecule has 0 spiro atoms. The van der Waals surface area contributed by atoms with Crippen molar-refractivity contribution in [3.63, 3.8) is 0 Å². The second kappa shape index (κ2) is 6.47. The molecule has 0 aliphatic heterocycles. The first kappa shape index (κ1) is 13.7. The summed E-state index contributed by atoms with van der Waals surface area (Å²) in [6.07, 6.45) is 3.62. The molecule has 0 bridgehead atoms. The number of hydrogen-bond acceptors (Lipinski definition) is 4. The lowest BCUT2D eigenvalue weighted by molar-refractivity contribution is 0.505. The lowest BCUT2D eigenvalue weighted by Gasteiger charge is -2.15. The quantitative estimate of drug-likeness (QED) is 0.793. The van der Waals surface area contributed by atoms with Gasteiger partial charge < -0.3 is 5.32 Å². The molecule has 0 saturated heterocycles. The Morgan fingerprint density at radius 1 is 1.37 bits per heavy atom. The van der Waals surface area contributed by atoms with E-state index < -0.39 is 0 Å². The molecule has 2 heterocycles. The molecule has 1 atom stereocenters. The fourth-order valence-corrected chi connectivity index (χ4v) is 2.24. The van der Waals surface area contributed by atoms with Gasteiger partial charge in [-0.05, 0) is 26.0 Å². The fraction of sp³-hybridized carbons (Fsp3) is 0.615. The van der Waals surface area contributed by atoms with Crippen LogP contribution in [0.5, 0.6) is 0 Å². The average molecular weight is 262 g/mol. The number of aromatic amines is 1. The number of aromatic nitrogens is 5. The summed E-state index contributed by atoms with van der Waals surface area (Å²) in [6, 6.07) is 2.36. The van der Waals surface area contributed by atoms with E-state index in [4.69, 9.17) is 0 Å². The van der Waals surface area contributed by atoms with Crippen LogP contribution in [0.3, 0.4) is 0 Å². The first-order valence-corrected chi connectivity index (χ1v) is 6.93. The minimum atomic E-state index is 0.176. The van der Waals surface area contributed by atoms with Crippen LogP contribution in [-0.2, 0) is 19.4 Å². The summed E-state index contributed by atoms with van der Waals surface area (Å²) in [6.45, 7) is 8.15. The van der Waals surface area contributed by atoms with Gasteiger partial charge in [0.1, 0.15) is 0 Å². The summed E-state index contributed by atoms with van der Waals surface area (Å²) in [5.74, 6) is 0. The number of rotatable bonds is 7. The number of H-pyrrole nitrogens is 1. The minimum Gasteiger partial charge on any atom is -0.308 e. The van der Waals surface area contributed by atoms with Gasteiger partial charge in [0.05, 0.1) is 23.6 Å². The topological polar surface area (TPSA) is 71.4 Å². The Kier molecular flexibility index (Phi) is 4.68. The molecular formula is C13H22N6. The van der Waals surface area contributed by atoms with Gasteiger partial charge in [0.15, 0.2) is 0 Å². The third-order valence-electron chi connectivity index (χ3n) is 3.23. The molecule has 19 heavy (non-hydrogen) atoms. The molecule has 0 aliphatic rings. The summed E-state index contributed by atoms with van der Waals surface area (Å²) in [5, 5.41) is 18.8. The highest BCUT2D eigenvalue weighted by Gasteiger charge is 2.17. The maximum Gasteiger partial charge on any atom is 0.0997 e. The van der Waals surface area contributed by atoms with Crippen LogP contribution >= 0.6 is 0 Å². The van der Waals surface area contributed by atoms with Gasteiger partial charge in [0.25, 0.3) is 0 Å². The third kappa shape index (κ3) is 3.20. The Morgan fingerprint density at radius 3 is 2.79 bits per heavy atom. The Balaban J connectivity index is 2.19. The molecule has 0 fully saturated rings. The maximum atomic E-state index is 4.59. The Bertz CT molecular complexity index is 487. The molecule has 0 saturated carbocycles. The molecule has 2 aromatic heterocycles. The molecular weight excluding hydrogens is 240 g/mol. The normalized spacial score (nSPS) is 12.8. The van der Waals surface area contributed by atoms with Crippen molar-refractivity contribution in [3.05, 3.63) is 29.3 Å². The van der Waals surface area contributed by atoms with Gasteiger partial charge in [-0.25, -0.2) is 0 Å². The highest BCUT2D eigenvalue weighted by atomic mass is 15.3. The average Bonchev–Trinajstić information content (AvgIpc) is 3.07. The zero-order chi connectivity index (χ0) is 13.7. The summed E-state index contributed by atoms with van der Waals surface area (Å²) in [4.78, 5) is 0. The second-order valence-corrected chi connectivity index (χ2v) is 4.51. The van der Waals surface area contributed by atoms with Gasteiger partial charge in [-0.1, -0.05) is 13.8 Å². The molecule has 104 valence electrons. The van der Waals surface area contributed by atoms with Crippen molar-refractivity contribution in [2.24, 2.45) is 0 Å². The molecule has 6 heteroatoms. The minimum absolute atomic E-state index is 0.176. The zero-order valence-electron chi connectivity index (χ0n) is 11.8. The van der Waals surface area contributed by atoms with Crippen LogP contribution in [0.25, 0.3) is 0 Å². The molecule has 0 radical (unpaired) electrons. The summed E-state index contributed by atoms with van der Waals surface area (Å²) in [5.41, 5.74) is 3.34. The Hall–Kier alpha value is -1.69. The standard InChI is InChI=1S/C13H22N6/c1-4-10-7-11(19(6-3)17-10)8-12(14-5-2)13-9-15-18-16-13/h7,9,12,14H,4-6,8H2,1-3H3,(H,15,16,18). The molecule has 2 rings (SSSR count). The van der Waals surface area contributed by atoms with Crippen LogP contribution < -0.4 is 5.32 Å².